The summed E-state index contributed by atoms with van der Waals surface area (Å²) in [6.45, 7) is 3.90. The molecule has 34 heavy (non-hydrogen) atoms. The standard InChI is InChI=1S/C26H28FN5O2/c1-15(2)20-9-8-17(10-21(20)27)25(16-6-4-3-5-7-16)29-26(34)23-12-18-11-22(18)32(23)24(33)13-19-14-28-31-30-19/h3-10,14-15,18,22-23,25H,11-13H2,1-2H3,(H,29,34)(H,28,30,31)/t18-,22-,23-,25-/m0/s1. The summed E-state index contributed by atoms with van der Waals surface area (Å²) in [6.07, 6.45) is 3.23. The summed E-state index contributed by atoms with van der Waals surface area (Å²) in [7, 11) is 0. The zero-order chi connectivity index (χ0) is 23.8. The Morgan fingerprint density at radius 2 is 1.94 bits per heavy atom. The van der Waals surface area contributed by atoms with Crippen molar-refractivity contribution in [2.24, 2.45) is 5.92 Å². The van der Waals surface area contributed by atoms with Crippen LogP contribution in [0.1, 0.15) is 61.0 Å². The Balaban J connectivity index is 1.39. The minimum absolute atomic E-state index is 0.0636. The molecule has 2 amide bonds. The number of hydrogen-bond donors (Lipinski definition) is 2. The fraction of sp³-hybridized carbons (Fsp3) is 0.385. The monoisotopic (exact) mass is 461 g/mol. The normalized spacial score (nSPS) is 21.9. The van der Waals surface area contributed by atoms with Crippen LogP contribution in [0.5, 0.6) is 0 Å². The predicted molar refractivity (Wildman–Crippen MR) is 124 cm³/mol. The second kappa shape index (κ2) is 9.00. The molecule has 3 aromatic rings. The second-order valence-corrected chi connectivity index (χ2v) is 9.56. The number of fused-ring (bicyclic) bond motifs is 1. The molecule has 8 heteroatoms. The molecule has 1 saturated carbocycles. The van der Waals surface area contributed by atoms with Gasteiger partial charge in [0, 0.05) is 6.04 Å². The van der Waals surface area contributed by atoms with Gasteiger partial charge in [0.1, 0.15) is 11.9 Å². The van der Waals surface area contributed by atoms with E-state index in [2.05, 4.69) is 20.7 Å². The number of nitrogens with zero attached hydrogens (tertiary/aromatic N) is 3. The molecule has 2 fully saturated rings. The fourth-order valence-electron chi connectivity index (χ4n) is 5.04. The molecule has 2 aliphatic rings. The van der Waals surface area contributed by atoms with Crippen molar-refractivity contribution in [2.45, 2.75) is 57.2 Å². The van der Waals surface area contributed by atoms with Crippen LogP contribution in [0, 0.1) is 11.7 Å². The van der Waals surface area contributed by atoms with E-state index in [1.54, 1.807) is 11.0 Å². The van der Waals surface area contributed by atoms with Crippen LogP contribution in [-0.4, -0.2) is 44.2 Å². The molecule has 1 aliphatic carbocycles. The van der Waals surface area contributed by atoms with Gasteiger partial charge in [-0.3, -0.25) is 14.7 Å². The average molecular weight is 462 g/mol. The molecule has 1 aliphatic heterocycles. The maximum Gasteiger partial charge on any atom is 0.243 e. The number of amides is 2. The Labute approximate surface area is 197 Å². The predicted octanol–water partition coefficient (Wildman–Crippen LogP) is 3.50. The first-order chi connectivity index (χ1) is 16.4. The molecule has 0 unspecified atom stereocenters. The van der Waals surface area contributed by atoms with Crippen molar-refractivity contribution in [3.8, 4) is 0 Å². The van der Waals surface area contributed by atoms with Gasteiger partial charge in [-0.1, -0.05) is 61.5 Å². The third kappa shape index (κ3) is 4.32. The van der Waals surface area contributed by atoms with Crippen LogP contribution >= 0.6 is 0 Å². The molecule has 1 aromatic heterocycles. The van der Waals surface area contributed by atoms with Gasteiger partial charge in [0.25, 0.3) is 0 Å². The molecular formula is C26H28FN5O2. The molecule has 5 rings (SSSR count). The lowest BCUT2D eigenvalue weighted by Gasteiger charge is -2.29. The molecule has 7 nitrogen and oxygen atoms in total. The first kappa shape index (κ1) is 22.3. The second-order valence-electron chi connectivity index (χ2n) is 9.56. The van der Waals surface area contributed by atoms with Gasteiger partial charge in [0.2, 0.25) is 11.8 Å². The number of likely N-dealkylation sites (tertiary alicyclic amines) is 1. The third-order valence-corrected chi connectivity index (χ3v) is 6.90. The molecule has 4 atom stereocenters. The Kier molecular flexibility index (Phi) is 5.89. The van der Waals surface area contributed by atoms with Gasteiger partial charge in [-0.05, 0) is 47.4 Å². The Morgan fingerprint density at radius 3 is 2.62 bits per heavy atom. The van der Waals surface area contributed by atoms with Gasteiger partial charge >= 0.3 is 0 Å². The van der Waals surface area contributed by atoms with E-state index in [-0.39, 0.29) is 36.0 Å². The average Bonchev–Trinajstić information content (AvgIpc) is 3.21. The van der Waals surface area contributed by atoms with E-state index in [4.69, 9.17) is 0 Å². The van der Waals surface area contributed by atoms with Crippen LogP contribution in [0.2, 0.25) is 0 Å². The SMILES string of the molecule is CC(C)c1ccc([C@@H](NC(=O)[C@@H]2C[C@@H]3C[C@@H]3N2C(=O)Cc2cnn[nH]2)c2ccccc2)cc1F. The van der Waals surface area contributed by atoms with Gasteiger partial charge in [0.15, 0.2) is 0 Å². The number of halogens is 1. The van der Waals surface area contributed by atoms with Crippen LogP contribution in [-0.2, 0) is 16.0 Å². The smallest absolute Gasteiger partial charge is 0.243 e. The van der Waals surface area contributed by atoms with Crippen molar-refractivity contribution in [3.05, 3.63) is 82.9 Å². The van der Waals surface area contributed by atoms with Gasteiger partial charge < -0.3 is 10.2 Å². The summed E-state index contributed by atoms with van der Waals surface area (Å²) in [5, 5.41) is 13.2. The highest BCUT2D eigenvalue weighted by Gasteiger charge is 2.56. The summed E-state index contributed by atoms with van der Waals surface area (Å²) >= 11 is 0. The number of aromatic nitrogens is 3. The molecule has 0 bridgehead atoms. The molecule has 2 aromatic carbocycles. The van der Waals surface area contributed by atoms with Gasteiger partial charge in [-0.25, -0.2) is 4.39 Å². The molecule has 0 spiro atoms. The maximum absolute atomic E-state index is 14.8. The number of piperidine rings is 1. The van der Waals surface area contributed by atoms with Gasteiger partial charge in [0.05, 0.1) is 24.4 Å². The van der Waals surface area contributed by atoms with Crippen molar-refractivity contribution in [3.63, 3.8) is 0 Å². The van der Waals surface area contributed by atoms with Crippen molar-refractivity contribution < 1.29 is 14.0 Å². The van der Waals surface area contributed by atoms with Crippen molar-refractivity contribution >= 4 is 11.8 Å². The number of H-pyrrole nitrogens is 1. The van der Waals surface area contributed by atoms with E-state index in [9.17, 15) is 14.0 Å². The lowest BCUT2D eigenvalue weighted by atomic mass is 9.94. The highest BCUT2D eigenvalue weighted by molar-refractivity contribution is 5.90. The van der Waals surface area contributed by atoms with E-state index >= 15 is 0 Å². The molecule has 1 saturated heterocycles. The molecular weight excluding hydrogens is 433 g/mol. The van der Waals surface area contributed by atoms with E-state index in [0.29, 0.717) is 29.2 Å². The first-order valence-electron chi connectivity index (χ1n) is 11.7. The van der Waals surface area contributed by atoms with Crippen LogP contribution in [0.3, 0.4) is 0 Å². The van der Waals surface area contributed by atoms with Gasteiger partial charge in [-0.15, -0.1) is 5.10 Å². The van der Waals surface area contributed by atoms with Crippen LogP contribution in [0.25, 0.3) is 0 Å². The zero-order valence-electron chi connectivity index (χ0n) is 19.2. The van der Waals surface area contributed by atoms with E-state index in [0.717, 1.165) is 12.0 Å². The molecule has 176 valence electrons. The number of aromatic amines is 1. The number of nitrogens with one attached hydrogen (secondary N) is 2. The lowest BCUT2D eigenvalue weighted by molar-refractivity contribution is -0.139. The largest absolute Gasteiger partial charge is 0.343 e. The Bertz CT molecular complexity index is 1180. The van der Waals surface area contributed by atoms with Gasteiger partial charge in [-0.2, -0.15) is 0 Å². The highest BCUT2D eigenvalue weighted by atomic mass is 19.1. The van der Waals surface area contributed by atoms with Crippen molar-refractivity contribution in [2.75, 3.05) is 0 Å². The summed E-state index contributed by atoms with van der Waals surface area (Å²) < 4.78 is 14.8. The Morgan fingerprint density at radius 1 is 1.15 bits per heavy atom. The van der Waals surface area contributed by atoms with Crippen LogP contribution < -0.4 is 5.32 Å². The summed E-state index contributed by atoms with van der Waals surface area (Å²) in [4.78, 5) is 28.3. The van der Waals surface area contributed by atoms with Crippen molar-refractivity contribution in [1.29, 1.82) is 0 Å². The fourth-order valence-corrected chi connectivity index (χ4v) is 5.04. The summed E-state index contributed by atoms with van der Waals surface area (Å²) in [5.41, 5.74) is 2.79. The molecule has 0 radical (unpaired) electrons. The topological polar surface area (TPSA) is 91.0 Å². The van der Waals surface area contributed by atoms with E-state index < -0.39 is 12.1 Å². The minimum atomic E-state index is -0.543. The number of carbonyl (C=O) groups excluding carboxylic acids is 2. The number of rotatable bonds is 7. The van der Waals surface area contributed by atoms with Crippen molar-refractivity contribution in [1.82, 2.24) is 25.6 Å². The summed E-state index contributed by atoms with van der Waals surface area (Å²) in [6, 6.07) is 13.7. The maximum atomic E-state index is 14.8. The first-order valence-corrected chi connectivity index (χ1v) is 11.7. The summed E-state index contributed by atoms with van der Waals surface area (Å²) in [5.74, 6) is -0.189. The highest BCUT2D eigenvalue weighted by Crippen LogP contribution is 2.48. The van der Waals surface area contributed by atoms with E-state index in [1.165, 1.54) is 12.3 Å². The zero-order valence-corrected chi connectivity index (χ0v) is 19.2. The molecule has 2 N–H and O–H groups in total. The quantitative estimate of drug-likeness (QED) is 0.563. The number of benzene rings is 2. The van der Waals surface area contributed by atoms with E-state index in [1.807, 2.05) is 50.2 Å². The van der Waals surface area contributed by atoms with Crippen LogP contribution in [0.4, 0.5) is 4.39 Å². The molecule has 2 heterocycles. The number of hydrogen-bond acceptors (Lipinski definition) is 4. The van der Waals surface area contributed by atoms with Crippen LogP contribution in [0.15, 0.2) is 54.7 Å². The number of carbonyl (C=O) groups is 2. The third-order valence-electron chi connectivity index (χ3n) is 6.90. The minimum Gasteiger partial charge on any atom is -0.343 e. The Hall–Kier alpha value is -3.55. The lowest BCUT2D eigenvalue weighted by Crippen LogP contribution is -2.49.